The van der Waals surface area contributed by atoms with E-state index in [4.69, 9.17) is 0 Å². The number of carbonyl (C=O) groups excluding carboxylic acids is 1. The topological polar surface area (TPSA) is 92.7 Å². The molecule has 0 aliphatic carbocycles. The van der Waals surface area contributed by atoms with Crippen LogP contribution in [0.1, 0.15) is 24.1 Å². The number of nitrogens with one attached hydrogen (secondary N) is 2. The molecule has 0 aliphatic rings. The first-order valence-corrected chi connectivity index (χ1v) is 10.1. The van der Waals surface area contributed by atoms with E-state index in [1.807, 2.05) is 17.5 Å². The van der Waals surface area contributed by atoms with Gasteiger partial charge >= 0.3 is 0 Å². The van der Waals surface area contributed by atoms with Crippen LogP contribution >= 0.6 is 27.3 Å². The van der Waals surface area contributed by atoms with E-state index < -0.39 is 0 Å². The number of anilines is 1. The van der Waals surface area contributed by atoms with Gasteiger partial charge in [-0.05, 0) is 31.7 Å². The van der Waals surface area contributed by atoms with Gasteiger partial charge in [-0.2, -0.15) is 9.78 Å². The Labute approximate surface area is 162 Å². The Balaban J connectivity index is 2.04. The number of H-pyrrole nitrogens is 1. The van der Waals surface area contributed by atoms with E-state index in [1.165, 1.54) is 4.68 Å². The smallest absolute Gasteiger partial charge is 0.255 e. The number of amides is 1. The van der Waals surface area contributed by atoms with Crippen LogP contribution < -0.4 is 10.9 Å². The van der Waals surface area contributed by atoms with E-state index in [-0.39, 0.29) is 17.4 Å². The normalized spacial score (nSPS) is 10.9. The fourth-order valence-corrected chi connectivity index (χ4v) is 3.30. The van der Waals surface area contributed by atoms with Crippen molar-refractivity contribution in [1.29, 1.82) is 0 Å². The Bertz CT molecular complexity index is 978. The van der Waals surface area contributed by atoms with Crippen LogP contribution in [0.2, 0.25) is 0 Å². The first-order valence-electron chi connectivity index (χ1n) is 8.07. The summed E-state index contributed by atoms with van der Waals surface area (Å²) in [6, 6.07) is 5.67. The first-order chi connectivity index (χ1) is 12.5. The number of aromatic amines is 1. The number of halogens is 1. The monoisotopic (exact) mass is 435 g/mol. The molecule has 3 rings (SSSR count). The largest absolute Gasteiger partial charge is 0.310 e. The number of nitrogens with zero attached hydrogens (tertiary/aromatic N) is 3. The molecule has 9 heteroatoms. The van der Waals surface area contributed by atoms with Crippen molar-refractivity contribution in [3.63, 3.8) is 0 Å². The second-order valence-corrected chi connectivity index (χ2v) is 7.49. The zero-order valence-electron chi connectivity index (χ0n) is 14.4. The van der Waals surface area contributed by atoms with Crippen LogP contribution in [0, 0.1) is 13.8 Å². The fraction of sp³-hybridized carbons (Fsp3) is 0.294. The standard InChI is InChI=1S/C17H18BrN5O2S/c1-10-11(2)19-17(21-16(10)25)23-14(20-15(24)6-3-7-18)9-12(22-23)13-5-4-8-26-13/h4-5,8-9H,3,6-7H2,1-2H3,(H,20,24)(H,19,21,25). The van der Waals surface area contributed by atoms with E-state index in [0.29, 0.717) is 29.2 Å². The van der Waals surface area contributed by atoms with Crippen LogP contribution in [0.25, 0.3) is 16.5 Å². The van der Waals surface area contributed by atoms with Gasteiger partial charge in [-0.25, -0.2) is 4.98 Å². The predicted molar refractivity (Wildman–Crippen MR) is 106 cm³/mol. The molecule has 0 bridgehead atoms. The Kier molecular flexibility index (Phi) is 5.67. The summed E-state index contributed by atoms with van der Waals surface area (Å²) < 4.78 is 1.47. The van der Waals surface area contributed by atoms with Gasteiger partial charge in [0.2, 0.25) is 11.9 Å². The van der Waals surface area contributed by atoms with E-state index in [9.17, 15) is 9.59 Å². The molecular formula is C17H18BrN5O2S. The van der Waals surface area contributed by atoms with Crippen molar-refractivity contribution in [2.75, 3.05) is 10.6 Å². The van der Waals surface area contributed by atoms with Gasteiger partial charge in [-0.1, -0.05) is 22.0 Å². The van der Waals surface area contributed by atoms with Crippen LogP contribution in [-0.2, 0) is 4.79 Å². The molecule has 0 atom stereocenters. The number of alkyl halides is 1. The molecule has 7 nitrogen and oxygen atoms in total. The maximum absolute atomic E-state index is 12.2. The molecule has 0 aromatic carbocycles. The van der Waals surface area contributed by atoms with Gasteiger partial charge in [0.05, 0.1) is 4.88 Å². The third-order valence-electron chi connectivity index (χ3n) is 3.87. The molecule has 0 saturated heterocycles. The summed E-state index contributed by atoms with van der Waals surface area (Å²) in [7, 11) is 0. The summed E-state index contributed by atoms with van der Waals surface area (Å²) in [5.41, 5.74) is 1.66. The first kappa shape index (κ1) is 18.5. The van der Waals surface area contributed by atoms with Crippen LogP contribution in [0.3, 0.4) is 0 Å². The third kappa shape index (κ3) is 3.94. The Morgan fingerprint density at radius 2 is 2.23 bits per heavy atom. The van der Waals surface area contributed by atoms with Crippen LogP contribution in [-0.4, -0.2) is 31.0 Å². The second-order valence-electron chi connectivity index (χ2n) is 5.74. The quantitative estimate of drug-likeness (QED) is 0.580. The summed E-state index contributed by atoms with van der Waals surface area (Å²) in [5, 5.41) is 10.1. The second kappa shape index (κ2) is 7.96. The molecular weight excluding hydrogens is 418 g/mol. The summed E-state index contributed by atoms with van der Waals surface area (Å²) in [6.45, 7) is 3.49. The van der Waals surface area contributed by atoms with Crippen molar-refractivity contribution in [3.05, 3.63) is 45.2 Å². The van der Waals surface area contributed by atoms with Crippen molar-refractivity contribution in [2.45, 2.75) is 26.7 Å². The minimum Gasteiger partial charge on any atom is -0.310 e. The predicted octanol–water partition coefficient (Wildman–Crippen LogP) is 3.41. The highest BCUT2D eigenvalue weighted by Crippen LogP contribution is 2.27. The molecule has 3 aromatic rings. The lowest BCUT2D eigenvalue weighted by atomic mass is 10.3. The number of aryl methyl sites for hydroxylation is 1. The molecule has 3 heterocycles. The van der Waals surface area contributed by atoms with Crippen molar-refractivity contribution in [2.24, 2.45) is 0 Å². The van der Waals surface area contributed by atoms with E-state index in [2.05, 4.69) is 36.3 Å². The summed E-state index contributed by atoms with van der Waals surface area (Å²) in [6.07, 6.45) is 1.12. The van der Waals surface area contributed by atoms with E-state index in [0.717, 1.165) is 16.6 Å². The minimum atomic E-state index is -0.225. The van der Waals surface area contributed by atoms with Crippen LogP contribution in [0.5, 0.6) is 0 Å². The maximum atomic E-state index is 12.2. The zero-order valence-corrected chi connectivity index (χ0v) is 16.8. The number of carbonyl (C=O) groups is 1. The molecule has 0 spiro atoms. The Morgan fingerprint density at radius 1 is 1.42 bits per heavy atom. The van der Waals surface area contributed by atoms with Crippen molar-refractivity contribution < 1.29 is 4.79 Å². The lowest BCUT2D eigenvalue weighted by Gasteiger charge is -2.09. The van der Waals surface area contributed by atoms with E-state index in [1.54, 1.807) is 31.3 Å². The van der Waals surface area contributed by atoms with Gasteiger partial charge in [0, 0.05) is 29.1 Å². The maximum Gasteiger partial charge on any atom is 0.255 e. The average Bonchev–Trinajstić information content (AvgIpc) is 3.27. The number of rotatable bonds is 6. The molecule has 136 valence electrons. The molecule has 1 amide bonds. The van der Waals surface area contributed by atoms with E-state index >= 15 is 0 Å². The lowest BCUT2D eigenvalue weighted by molar-refractivity contribution is -0.116. The fourth-order valence-electron chi connectivity index (χ4n) is 2.34. The Hall–Kier alpha value is -2.26. The molecule has 0 saturated carbocycles. The minimum absolute atomic E-state index is 0.116. The average molecular weight is 436 g/mol. The highest BCUT2D eigenvalue weighted by atomic mass is 79.9. The lowest BCUT2D eigenvalue weighted by Crippen LogP contribution is -2.20. The highest BCUT2D eigenvalue weighted by Gasteiger charge is 2.16. The summed E-state index contributed by atoms with van der Waals surface area (Å²) in [4.78, 5) is 32.4. The summed E-state index contributed by atoms with van der Waals surface area (Å²) >= 11 is 4.87. The number of hydrogen-bond donors (Lipinski definition) is 2. The number of hydrogen-bond acceptors (Lipinski definition) is 5. The van der Waals surface area contributed by atoms with Gasteiger partial charge in [0.15, 0.2) is 0 Å². The van der Waals surface area contributed by atoms with Gasteiger partial charge in [-0.15, -0.1) is 11.3 Å². The van der Waals surface area contributed by atoms with Crippen molar-refractivity contribution >= 4 is 39.0 Å². The van der Waals surface area contributed by atoms with Gasteiger partial charge in [-0.3, -0.25) is 14.6 Å². The molecule has 0 unspecified atom stereocenters. The highest BCUT2D eigenvalue weighted by molar-refractivity contribution is 9.09. The number of aromatic nitrogens is 4. The van der Waals surface area contributed by atoms with Gasteiger partial charge < -0.3 is 5.32 Å². The van der Waals surface area contributed by atoms with Gasteiger partial charge in [0.1, 0.15) is 11.5 Å². The molecule has 0 radical (unpaired) electrons. The molecule has 26 heavy (non-hydrogen) atoms. The SMILES string of the molecule is Cc1nc(-n2nc(-c3cccs3)cc2NC(=O)CCCBr)[nH]c(=O)c1C. The van der Waals surface area contributed by atoms with Crippen molar-refractivity contribution in [1.82, 2.24) is 19.7 Å². The van der Waals surface area contributed by atoms with Gasteiger partial charge in [0.25, 0.3) is 5.56 Å². The van der Waals surface area contributed by atoms with Crippen LogP contribution in [0.15, 0.2) is 28.4 Å². The number of thiophene rings is 1. The molecule has 2 N–H and O–H groups in total. The molecule has 3 aromatic heterocycles. The zero-order chi connectivity index (χ0) is 18.7. The Morgan fingerprint density at radius 3 is 2.88 bits per heavy atom. The van der Waals surface area contributed by atoms with Crippen LogP contribution in [0.4, 0.5) is 5.82 Å². The summed E-state index contributed by atoms with van der Waals surface area (Å²) in [5.74, 6) is 0.630. The molecule has 0 fully saturated rings. The molecule has 0 aliphatic heterocycles. The third-order valence-corrected chi connectivity index (χ3v) is 5.32. The van der Waals surface area contributed by atoms with Crippen molar-refractivity contribution in [3.8, 4) is 16.5 Å².